The number of nitriles is 1. The number of ether oxygens (including phenoxy) is 1. The average molecular weight is 424 g/mol. The summed E-state index contributed by atoms with van der Waals surface area (Å²) in [7, 11) is 0. The van der Waals surface area contributed by atoms with Crippen LogP contribution >= 0.6 is 0 Å². The highest BCUT2D eigenvalue weighted by Gasteiger charge is 2.22. The van der Waals surface area contributed by atoms with Gasteiger partial charge in [0.2, 0.25) is 0 Å². The van der Waals surface area contributed by atoms with Gasteiger partial charge in [-0.2, -0.15) is 5.26 Å². The quantitative estimate of drug-likeness (QED) is 0.626. The molecule has 5 rings (SSSR count). The predicted molar refractivity (Wildman–Crippen MR) is 122 cm³/mol. The molecule has 0 atom stereocenters. The Morgan fingerprint density at radius 1 is 1.19 bits per heavy atom. The SMILES string of the molecule is CC=C1OCc2c1ccc(CCN1CCc3nc(-c4ccc(C#N)cn4)ncc3C1)c2C. The van der Waals surface area contributed by atoms with Crippen LogP contribution in [0, 0.1) is 18.3 Å². The molecule has 32 heavy (non-hydrogen) atoms. The van der Waals surface area contributed by atoms with Gasteiger partial charge in [0.1, 0.15) is 24.1 Å². The first-order valence-electron chi connectivity index (χ1n) is 11.0. The van der Waals surface area contributed by atoms with E-state index >= 15 is 0 Å². The van der Waals surface area contributed by atoms with E-state index < -0.39 is 0 Å². The van der Waals surface area contributed by atoms with Crippen molar-refractivity contribution in [3.63, 3.8) is 0 Å². The number of rotatable bonds is 4. The summed E-state index contributed by atoms with van der Waals surface area (Å²) in [5, 5.41) is 8.94. The zero-order chi connectivity index (χ0) is 22.1. The molecule has 6 heteroatoms. The zero-order valence-electron chi connectivity index (χ0n) is 18.4. The van der Waals surface area contributed by atoms with Crippen LogP contribution in [0.25, 0.3) is 17.3 Å². The number of fused-ring (bicyclic) bond motifs is 2. The Kier molecular flexibility index (Phi) is 5.42. The van der Waals surface area contributed by atoms with Crippen LogP contribution in [0.5, 0.6) is 0 Å². The molecule has 4 heterocycles. The lowest BCUT2D eigenvalue weighted by molar-refractivity contribution is 0.254. The van der Waals surface area contributed by atoms with Crippen LogP contribution in [0.1, 0.15) is 46.0 Å². The molecule has 0 unspecified atom stereocenters. The van der Waals surface area contributed by atoms with Crippen molar-refractivity contribution in [1.29, 1.82) is 5.26 Å². The molecular weight excluding hydrogens is 398 g/mol. The highest BCUT2D eigenvalue weighted by atomic mass is 16.5. The van der Waals surface area contributed by atoms with Crippen molar-refractivity contribution in [3.05, 3.63) is 81.8 Å². The van der Waals surface area contributed by atoms with Gasteiger partial charge < -0.3 is 4.74 Å². The van der Waals surface area contributed by atoms with Crippen LogP contribution in [0.4, 0.5) is 0 Å². The Bertz CT molecular complexity index is 1240. The summed E-state index contributed by atoms with van der Waals surface area (Å²) < 4.78 is 5.81. The summed E-state index contributed by atoms with van der Waals surface area (Å²) in [6.07, 6.45) is 7.46. The Balaban J connectivity index is 1.26. The molecule has 3 aromatic rings. The topological polar surface area (TPSA) is 74.9 Å². The van der Waals surface area contributed by atoms with E-state index in [-0.39, 0.29) is 0 Å². The number of aromatic nitrogens is 3. The van der Waals surface area contributed by atoms with Crippen LogP contribution in [0.3, 0.4) is 0 Å². The molecule has 1 aromatic carbocycles. The van der Waals surface area contributed by atoms with Gasteiger partial charge in [-0.1, -0.05) is 12.1 Å². The lowest BCUT2D eigenvalue weighted by Gasteiger charge is -2.28. The molecule has 2 aliphatic rings. The van der Waals surface area contributed by atoms with Gasteiger partial charge >= 0.3 is 0 Å². The second kappa shape index (κ2) is 8.52. The largest absolute Gasteiger partial charge is 0.489 e. The van der Waals surface area contributed by atoms with Crippen molar-refractivity contribution in [2.45, 2.75) is 39.8 Å². The molecule has 0 saturated heterocycles. The summed E-state index contributed by atoms with van der Waals surface area (Å²) in [6, 6.07) is 10.1. The van der Waals surface area contributed by atoms with Gasteiger partial charge in [-0.25, -0.2) is 9.97 Å². The number of hydrogen-bond acceptors (Lipinski definition) is 6. The third-order valence-corrected chi connectivity index (χ3v) is 6.44. The number of pyridine rings is 1. The Labute approximate surface area is 188 Å². The van der Waals surface area contributed by atoms with E-state index in [1.54, 1.807) is 18.3 Å². The molecule has 2 aromatic heterocycles. The fourth-order valence-corrected chi connectivity index (χ4v) is 4.52. The van der Waals surface area contributed by atoms with E-state index in [0.29, 0.717) is 23.7 Å². The second-order valence-electron chi connectivity index (χ2n) is 8.30. The van der Waals surface area contributed by atoms with Crippen molar-refractivity contribution in [2.75, 3.05) is 13.1 Å². The minimum Gasteiger partial charge on any atom is -0.489 e. The van der Waals surface area contributed by atoms with Crippen molar-refractivity contribution >= 4 is 5.76 Å². The van der Waals surface area contributed by atoms with Gasteiger partial charge in [0, 0.05) is 55.1 Å². The molecule has 160 valence electrons. The van der Waals surface area contributed by atoms with Gasteiger partial charge in [-0.3, -0.25) is 9.88 Å². The van der Waals surface area contributed by atoms with E-state index in [2.05, 4.69) is 40.0 Å². The predicted octanol–water partition coefficient (Wildman–Crippen LogP) is 4.21. The van der Waals surface area contributed by atoms with E-state index in [1.165, 1.54) is 27.8 Å². The van der Waals surface area contributed by atoms with Crippen LogP contribution < -0.4 is 0 Å². The molecule has 0 amide bonds. The van der Waals surface area contributed by atoms with E-state index in [4.69, 9.17) is 15.0 Å². The van der Waals surface area contributed by atoms with Crippen molar-refractivity contribution in [3.8, 4) is 17.6 Å². The third-order valence-electron chi connectivity index (χ3n) is 6.44. The van der Waals surface area contributed by atoms with Crippen LogP contribution in [-0.2, 0) is 30.7 Å². The van der Waals surface area contributed by atoms with Gasteiger partial charge in [0.05, 0.1) is 11.3 Å². The van der Waals surface area contributed by atoms with Crippen molar-refractivity contribution < 1.29 is 4.74 Å². The van der Waals surface area contributed by atoms with Crippen LogP contribution in [-0.4, -0.2) is 32.9 Å². The molecule has 2 aliphatic heterocycles. The molecule has 0 spiro atoms. The summed E-state index contributed by atoms with van der Waals surface area (Å²) in [6.45, 7) is 7.78. The smallest absolute Gasteiger partial charge is 0.178 e. The number of benzene rings is 1. The Morgan fingerprint density at radius 3 is 2.88 bits per heavy atom. The number of nitrogens with zero attached hydrogens (tertiary/aromatic N) is 5. The molecule has 0 bridgehead atoms. The minimum absolute atomic E-state index is 0.538. The molecule has 0 saturated carbocycles. The van der Waals surface area contributed by atoms with E-state index in [9.17, 15) is 0 Å². The van der Waals surface area contributed by atoms with Gasteiger partial charge in [-0.15, -0.1) is 0 Å². The maximum Gasteiger partial charge on any atom is 0.178 e. The van der Waals surface area contributed by atoms with Crippen molar-refractivity contribution in [1.82, 2.24) is 19.9 Å². The summed E-state index contributed by atoms with van der Waals surface area (Å²) in [5.74, 6) is 1.62. The monoisotopic (exact) mass is 423 g/mol. The lowest BCUT2D eigenvalue weighted by Crippen LogP contribution is -2.33. The molecule has 6 nitrogen and oxygen atoms in total. The maximum atomic E-state index is 8.94. The fraction of sp³-hybridized carbons (Fsp3) is 0.308. The number of allylic oxidation sites excluding steroid dienone is 1. The van der Waals surface area contributed by atoms with Gasteiger partial charge in [0.25, 0.3) is 0 Å². The van der Waals surface area contributed by atoms with Crippen molar-refractivity contribution in [2.24, 2.45) is 0 Å². The van der Waals surface area contributed by atoms with E-state index in [1.807, 2.05) is 19.2 Å². The first-order valence-corrected chi connectivity index (χ1v) is 11.0. The zero-order valence-corrected chi connectivity index (χ0v) is 18.4. The minimum atomic E-state index is 0.538. The average Bonchev–Trinajstić information content (AvgIpc) is 3.27. The maximum absolute atomic E-state index is 8.94. The summed E-state index contributed by atoms with van der Waals surface area (Å²) in [4.78, 5) is 16.1. The second-order valence-corrected chi connectivity index (χ2v) is 8.30. The molecule has 0 N–H and O–H groups in total. The summed E-state index contributed by atoms with van der Waals surface area (Å²) in [5.41, 5.74) is 8.85. The Morgan fingerprint density at radius 2 is 2.09 bits per heavy atom. The lowest BCUT2D eigenvalue weighted by atomic mass is 9.95. The van der Waals surface area contributed by atoms with Gasteiger partial charge in [0.15, 0.2) is 5.82 Å². The van der Waals surface area contributed by atoms with Crippen LogP contribution in [0.15, 0.2) is 42.7 Å². The Hall–Kier alpha value is -3.56. The fourth-order valence-electron chi connectivity index (χ4n) is 4.52. The molecular formula is C26H25N5O. The number of hydrogen-bond donors (Lipinski definition) is 0. The summed E-state index contributed by atoms with van der Waals surface area (Å²) >= 11 is 0. The molecule has 0 fully saturated rings. The molecule has 0 radical (unpaired) electrons. The normalized spacial score (nSPS) is 16.3. The first kappa shape index (κ1) is 20.3. The van der Waals surface area contributed by atoms with Crippen LogP contribution in [0.2, 0.25) is 0 Å². The standard InChI is InChI=1S/C26H25N5O/c1-3-25-21-6-5-19(17(2)22(21)16-32-25)8-10-31-11-9-23-20(15-31)14-29-26(30-23)24-7-4-18(12-27)13-28-24/h3-7,13-14H,8-11,15-16H2,1-2H3. The highest BCUT2D eigenvalue weighted by Crippen LogP contribution is 2.33. The first-order chi connectivity index (χ1) is 15.7. The van der Waals surface area contributed by atoms with E-state index in [0.717, 1.165) is 43.9 Å². The highest BCUT2D eigenvalue weighted by molar-refractivity contribution is 5.68. The molecule has 0 aliphatic carbocycles. The third kappa shape index (κ3) is 3.76. The van der Waals surface area contributed by atoms with Gasteiger partial charge in [-0.05, 0) is 49.6 Å².